The van der Waals surface area contributed by atoms with E-state index in [1.165, 1.54) is 13.0 Å². The SMILES string of the molecule is Cc1ccc(NC(=O)[C@H](C)OC(=O)/C=C/c2ccc(Cl)c(Cl)c2)c(C)c1. The Morgan fingerprint density at radius 1 is 1.08 bits per heavy atom. The summed E-state index contributed by atoms with van der Waals surface area (Å²) in [5, 5.41) is 3.58. The van der Waals surface area contributed by atoms with Crippen molar-refractivity contribution in [2.24, 2.45) is 0 Å². The molecule has 26 heavy (non-hydrogen) atoms. The molecule has 136 valence electrons. The molecule has 0 aromatic heterocycles. The third-order valence-electron chi connectivity index (χ3n) is 3.66. The molecule has 2 aromatic carbocycles. The van der Waals surface area contributed by atoms with Gasteiger partial charge in [-0.05, 0) is 56.2 Å². The summed E-state index contributed by atoms with van der Waals surface area (Å²) in [4.78, 5) is 24.1. The lowest BCUT2D eigenvalue weighted by atomic mass is 10.1. The third-order valence-corrected chi connectivity index (χ3v) is 4.40. The Hall–Kier alpha value is -2.30. The predicted octanol–water partition coefficient (Wildman–Crippen LogP) is 5.19. The van der Waals surface area contributed by atoms with Gasteiger partial charge in [-0.25, -0.2) is 4.79 Å². The number of halogens is 2. The van der Waals surface area contributed by atoms with E-state index in [9.17, 15) is 9.59 Å². The summed E-state index contributed by atoms with van der Waals surface area (Å²) in [5.41, 5.74) is 3.43. The van der Waals surface area contributed by atoms with Crippen LogP contribution in [-0.4, -0.2) is 18.0 Å². The van der Waals surface area contributed by atoms with Gasteiger partial charge >= 0.3 is 5.97 Å². The first-order valence-corrected chi connectivity index (χ1v) is 8.73. The van der Waals surface area contributed by atoms with E-state index in [0.29, 0.717) is 21.3 Å². The van der Waals surface area contributed by atoms with Crippen LogP contribution in [0.25, 0.3) is 6.08 Å². The summed E-state index contributed by atoms with van der Waals surface area (Å²) in [6.45, 7) is 5.40. The molecule has 0 saturated carbocycles. The van der Waals surface area contributed by atoms with E-state index in [2.05, 4.69) is 5.32 Å². The van der Waals surface area contributed by atoms with Crippen LogP contribution < -0.4 is 5.32 Å². The van der Waals surface area contributed by atoms with Gasteiger partial charge in [0.1, 0.15) is 0 Å². The van der Waals surface area contributed by atoms with E-state index in [-0.39, 0.29) is 0 Å². The highest BCUT2D eigenvalue weighted by molar-refractivity contribution is 6.42. The fourth-order valence-electron chi connectivity index (χ4n) is 2.24. The molecule has 0 saturated heterocycles. The number of hydrogen-bond donors (Lipinski definition) is 1. The number of carbonyl (C=O) groups is 2. The Labute approximate surface area is 162 Å². The van der Waals surface area contributed by atoms with Gasteiger partial charge in [0, 0.05) is 11.8 Å². The van der Waals surface area contributed by atoms with Crippen LogP contribution in [0.3, 0.4) is 0 Å². The van der Waals surface area contributed by atoms with Crippen molar-refractivity contribution in [1.29, 1.82) is 0 Å². The summed E-state index contributed by atoms with van der Waals surface area (Å²) < 4.78 is 5.13. The van der Waals surface area contributed by atoms with Gasteiger partial charge in [-0.2, -0.15) is 0 Å². The minimum absolute atomic E-state index is 0.392. The average Bonchev–Trinajstić information content (AvgIpc) is 2.58. The van der Waals surface area contributed by atoms with Gasteiger partial charge < -0.3 is 10.1 Å². The molecular formula is C20H19Cl2NO3. The number of amides is 1. The monoisotopic (exact) mass is 391 g/mol. The molecule has 0 fully saturated rings. The molecule has 0 radical (unpaired) electrons. The van der Waals surface area contributed by atoms with Crippen LogP contribution in [0.4, 0.5) is 5.69 Å². The van der Waals surface area contributed by atoms with Gasteiger partial charge in [0.2, 0.25) is 0 Å². The van der Waals surface area contributed by atoms with Crippen molar-refractivity contribution in [2.75, 3.05) is 5.32 Å². The van der Waals surface area contributed by atoms with E-state index < -0.39 is 18.0 Å². The number of carbonyl (C=O) groups excluding carboxylic acids is 2. The minimum atomic E-state index is -0.929. The lowest BCUT2D eigenvalue weighted by Crippen LogP contribution is -2.29. The maximum Gasteiger partial charge on any atom is 0.331 e. The molecule has 2 aromatic rings. The van der Waals surface area contributed by atoms with Crippen LogP contribution in [0.5, 0.6) is 0 Å². The summed E-state index contributed by atoms with van der Waals surface area (Å²) in [6.07, 6.45) is 1.85. The zero-order valence-corrected chi connectivity index (χ0v) is 16.2. The first-order chi connectivity index (χ1) is 12.3. The predicted molar refractivity (Wildman–Crippen MR) is 106 cm³/mol. The van der Waals surface area contributed by atoms with Gasteiger partial charge in [0.05, 0.1) is 10.0 Å². The van der Waals surface area contributed by atoms with E-state index in [0.717, 1.165) is 11.1 Å². The topological polar surface area (TPSA) is 55.4 Å². The van der Waals surface area contributed by atoms with E-state index in [4.69, 9.17) is 27.9 Å². The van der Waals surface area contributed by atoms with E-state index >= 15 is 0 Å². The number of aryl methyl sites for hydroxylation is 2. The minimum Gasteiger partial charge on any atom is -0.449 e. The molecule has 0 spiro atoms. The van der Waals surface area contributed by atoms with E-state index in [1.807, 2.05) is 32.0 Å². The number of esters is 1. The summed E-state index contributed by atoms with van der Waals surface area (Å²) in [7, 11) is 0. The highest BCUT2D eigenvalue weighted by Crippen LogP contribution is 2.23. The molecule has 2 rings (SSSR count). The van der Waals surface area contributed by atoms with Crippen molar-refractivity contribution < 1.29 is 14.3 Å². The van der Waals surface area contributed by atoms with Gasteiger partial charge in [-0.1, -0.05) is 47.0 Å². The van der Waals surface area contributed by atoms with Gasteiger partial charge in [0.25, 0.3) is 5.91 Å². The molecule has 1 atom stereocenters. The zero-order chi connectivity index (χ0) is 19.3. The molecule has 4 nitrogen and oxygen atoms in total. The first kappa shape index (κ1) is 20.0. The van der Waals surface area contributed by atoms with Crippen LogP contribution in [0.15, 0.2) is 42.5 Å². The second kappa shape index (κ2) is 8.88. The zero-order valence-electron chi connectivity index (χ0n) is 14.7. The van der Waals surface area contributed by atoms with Crippen LogP contribution in [0, 0.1) is 13.8 Å². The lowest BCUT2D eigenvalue weighted by molar-refractivity contribution is -0.148. The number of nitrogens with one attached hydrogen (secondary N) is 1. The summed E-state index contributed by atoms with van der Waals surface area (Å²) in [6, 6.07) is 10.7. The molecule has 1 N–H and O–H groups in total. The number of ether oxygens (including phenoxy) is 1. The van der Waals surface area contributed by atoms with Crippen LogP contribution in [0.2, 0.25) is 10.0 Å². The van der Waals surface area contributed by atoms with Crippen molar-refractivity contribution in [3.05, 3.63) is 69.2 Å². The number of rotatable bonds is 5. The fraction of sp³-hybridized carbons (Fsp3) is 0.200. The van der Waals surface area contributed by atoms with Crippen LogP contribution in [0.1, 0.15) is 23.6 Å². The first-order valence-electron chi connectivity index (χ1n) is 7.98. The lowest BCUT2D eigenvalue weighted by Gasteiger charge is -2.14. The van der Waals surface area contributed by atoms with Crippen molar-refractivity contribution in [3.63, 3.8) is 0 Å². The number of benzene rings is 2. The normalized spacial score (nSPS) is 12.0. The van der Waals surface area contributed by atoms with Crippen molar-refractivity contribution >= 4 is 46.8 Å². The molecule has 0 aliphatic carbocycles. The molecule has 0 aliphatic heterocycles. The van der Waals surface area contributed by atoms with Crippen molar-refractivity contribution in [1.82, 2.24) is 0 Å². The van der Waals surface area contributed by atoms with Crippen LogP contribution in [-0.2, 0) is 14.3 Å². The summed E-state index contributed by atoms with van der Waals surface area (Å²) >= 11 is 11.8. The van der Waals surface area contributed by atoms with Gasteiger partial charge in [-0.3, -0.25) is 4.79 Å². The van der Waals surface area contributed by atoms with Crippen molar-refractivity contribution in [2.45, 2.75) is 26.9 Å². The van der Waals surface area contributed by atoms with Gasteiger partial charge in [0.15, 0.2) is 6.10 Å². The second-order valence-corrected chi connectivity index (χ2v) is 6.71. The highest BCUT2D eigenvalue weighted by Gasteiger charge is 2.17. The number of anilines is 1. The van der Waals surface area contributed by atoms with Crippen molar-refractivity contribution in [3.8, 4) is 0 Å². The second-order valence-electron chi connectivity index (χ2n) is 5.89. The molecule has 6 heteroatoms. The summed E-state index contributed by atoms with van der Waals surface area (Å²) in [5.74, 6) is -1.02. The Bertz CT molecular complexity index is 862. The third kappa shape index (κ3) is 5.61. The maximum absolute atomic E-state index is 12.2. The Kier molecular flexibility index (Phi) is 6.83. The molecule has 0 bridgehead atoms. The Balaban J connectivity index is 1.94. The highest BCUT2D eigenvalue weighted by atomic mass is 35.5. The molecule has 0 aliphatic rings. The Morgan fingerprint density at radius 2 is 1.81 bits per heavy atom. The van der Waals surface area contributed by atoms with Gasteiger partial charge in [-0.15, -0.1) is 0 Å². The van der Waals surface area contributed by atoms with Crippen LogP contribution >= 0.6 is 23.2 Å². The maximum atomic E-state index is 12.2. The molecule has 1 amide bonds. The molecule has 0 unspecified atom stereocenters. The average molecular weight is 392 g/mol. The molecule has 0 heterocycles. The Morgan fingerprint density at radius 3 is 2.46 bits per heavy atom. The largest absolute Gasteiger partial charge is 0.449 e. The quantitative estimate of drug-likeness (QED) is 0.563. The van der Waals surface area contributed by atoms with E-state index in [1.54, 1.807) is 24.3 Å². The molecular weight excluding hydrogens is 373 g/mol. The fourth-order valence-corrected chi connectivity index (χ4v) is 2.54. The number of hydrogen-bond acceptors (Lipinski definition) is 3. The smallest absolute Gasteiger partial charge is 0.331 e. The standard InChI is InChI=1S/C20H19Cl2NO3/c1-12-4-8-18(13(2)10-12)23-20(25)14(3)26-19(24)9-6-15-5-7-16(21)17(22)11-15/h4-11,14H,1-3H3,(H,23,25)/b9-6+/t14-/m0/s1.